The molecular weight excluding hydrogens is 384 g/mol. The van der Waals surface area contributed by atoms with E-state index in [0.29, 0.717) is 39.0 Å². The molecule has 2 aromatic rings. The van der Waals surface area contributed by atoms with E-state index in [2.05, 4.69) is 5.32 Å². The Labute approximate surface area is 166 Å². The fourth-order valence-corrected chi connectivity index (χ4v) is 3.64. The fourth-order valence-electron chi connectivity index (χ4n) is 3.40. The number of ether oxygens (including phenoxy) is 3. The Bertz CT molecular complexity index is 1000. The number of amides is 2. The predicted octanol–water partition coefficient (Wildman–Crippen LogP) is 3.79. The number of esters is 1. The van der Waals surface area contributed by atoms with Crippen LogP contribution in [0.3, 0.4) is 0 Å². The lowest BCUT2D eigenvalue weighted by atomic mass is 9.94. The van der Waals surface area contributed by atoms with Gasteiger partial charge in [0.1, 0.15) is 0 Å². The summed E-state index contributed by atoms with van der Waals surface area (Å²) in [7, 11) is 1.30. The van der Waals surface area contributed by atoms with E-state index in [9.17, 15) is 9.59 Å². The standard InChI is InChI=1S/C20H17ClN2O5/c1-11-17(19(24)26-2)18(13-5-3-4-6-14(13)21)22-20(25)23(11)12-7-8-15-16(9-12)28-10-27-15/h3-9,18H,10H2,1-2H3,(H,22,25)/t18-/m1/s1. The predicted molar refractivity (Wildman–Crippen MR) is 102 cm³/mol. The Kier molecular flexibility index (Phi) is 4.60. The largest absolute Gasteiger partial charge is 0.466 e. The molecule has 1 N–H and O–H groups in total. The minimum Gasteiger partial charge on any atom is -0.466 e. The van der Waals surface area contributed by atoms with Crippen LogP contribution < -0.4 is 19.7 Å². The topological polar surface area (TPSA) is 77.1 Å². The lowest BCUT2D eigenvalue weighted by Crippen LogP contribution is -2.48. The molecule has 0 saturated carbocycles. The first-order valence-electron chi connectivity index (χ1n) is 8.55. The number of fused-ring (bicyclic) bond motifs is 1. The lowest BCUT2D eigenvalue weighted by molar-refractivity contribution is -0.136. The third-order valence-electron chi connectivity index (χ3n) is 4.72. The average Bonchev–Trinajstić information content (AvgIpc) is 3.15. The number of carbonyl (C=O) groups excluding carboxylic acids is 2. The number of nitrogens with zero attached hydrogens (tertiary/aromatic N) is 1. The molecule has 4 rings (SSSR count). The van der Waals surface area contributed by atoms with E-state index in [-0.39, 0.29) is 6.79 Å². The van der Waals surface area contributed by atoms with Gasteiger partial charge in [-0.3, -0.25) is 4.90 Å². The molecule has 0 aliphatic carbocycles. The Morgan fingerprint density at radius 2 is 1.96 bits per heavy atom. The summed E-state index contributed by atoms with van der Waals surface area (Å²) in [6.45, 7) is 1.82. The zero-order chi connectivity index (χ0) is 19.8. The highest BCUT2D eigenvalue weighted by molar-refractivity contribution is 6.31. The van der Waals surface area contributed by atoms with Gasteiger partial charge in [-0.2, -0.15) is 0 Å². The van der Waals surface area contributed by atoms with Gasteiger partial charge in [0.05, 0.1) is 24.4 Å². The number of methoxy groups -OCH3 is 1. The highest BCUT2D eigenvalue weighted by atomic mass is 35.5. The van der Waals surface area contributed by atoms with Crippen LogP contribution >= 0.6 is 11.6 Å². The molecule has 0 unspecified atom stereocenters. The number of hydrogen-bond acceptors (Lipinski definition) is 5. The Balaban J connectivity index is 1.84. The smallest absolute Gasteiger partial charge is 0.337 e. The van der Waals surface area contributed by atoms with E-state index in [4.69, 9.17) is 25.8 Å². The molecule has 0 radical (unpaired) electrons. The number of nitrogens with one attached hydrogen (secondary N) is 1. The van der Waals surface area contributed by atoms with Gasteiger partial charge in [0.25, 0.3) is 0 Å². The van der Waals surface area contributed by atoms with Gasteiger partial charge in [-0.15, -0.1) is 0 Å². The highest BCUT2D eigenvalue weighted by Crippen LogP contribution is 2.40. The average molecular weight is 401 g/mol. The summed E-state index contributed by atoms with van der Waals surface area (Å²) in [5, 5.41) is 3.30. The molecule has 0 fully saturated rings. The fraction of sp³-hybridized carbons (Fsp3) is 0.200. The molecule has 7 nitrogen and oxygen atoms in total. The van der Waals surface area contributed by atoms with E-state index in [1.54, 1.807) is 49.4 Å². The quantitative estimate of drug-likeness (QED) is 0.793. The van der Waals surface area contributed by atoms with Crippen LogP contribution in [0.15, 0.2) is 53.7 Å². The van der Waals surface area contributed by atoms with E-state index in [0.717, 1.165) is 0 Å². The van der Waals surface area contributed by atoms with Crippen molar-refractivity contribution in [2.75, 3.05) is 18.8 Å². The molecule has 2 aliphatic rings. The van der Waals surface area contributed by atoms with Gasteiger partial charge < -0.3 is 19.5 Å². The third-order valence-corrected chi connectivity index (χ3v) is 5.06. The summed E-state index contributed by atoms with van der Waals surface area (Å²) in [6, 6.07) is 11.1. The second-order valence-corrected chi connectivity index (χ2v) is 6.67. The minimum atomic E-state index is -0.723. The van der Waals surface area contributed by atoms with Crippen LogP contribution in [0.4, 0.5) is 10.5 Å². The number of allylic oxidation sites excluding steroid dienone is 1. The van der Waals surface area contributed by atoms with Gasteiger partial charge in [-0.25, -0.2) is 9.59 Å². The molecule has 8 heteroatoms. The van der Waals surface area contributed by atoms with Crippen molar-refractivity contribution in [2.24, 2.45) is 0 Å². The van der Waals surface area contributed by atoms with Gasteiger partial charge in [-0.05, 0) is 30.7 Å². The molecular formula is C20H17ClN2O5. The van der Waals surface area contributed by atoms with Crippen molar-refractivity contribution in [3.05, 3.63) is 64.3 Å². The van der Waals surface area contributed by atoms with Gasteiger partial charge in [-0.1, -0.05) is 29.8 Å². The minimum absolute atomic E-state index is 0.127. The molecule has 0 spiro atoms. The molecule has 2 aliphatic heterocycles. The number of carbonyl (C=O) groups is 2. The van der Waals surface area contributed by atoms with Crippen molar-refractivity contribution in [3.63, 3.8) is 0 Å². The van der Waals surface area contributed by atoms with Gasteiger partial charge >= 0.3 is 12.0 Å². The number of halogens is 1. The van der Waals surface area contributed by atoms with Crippen molar-refractivity contribution in [3.8, 4) is 11.5 Å². The van der Waals surface area contributed by atoms with Crippen molar-refractivity contribution in [1.82, 2.24) is 5.32 Å². The van der Waals surface area contributed by atoms with Crippen LogP contribution in [-0.4, -0.2) is 25.9 Å². The van der Waals surface area contributed by atoms with E-state index in [1.165, 1.54) is 12.0 Å². The van der Waals surface area contributed by atoms with Crippen LogP contribution in [0.25, 0.3) is 0 Å². The van der Waals surface area contributed by atoms with Crippen LogP contribution in [-0.2, 0) is 9.53 Å². The molecule has 2 heterocycles. The zero-order valence-electron chi connectivity index (χ0n) is 15.2. The monoisotopic (exact) mass is 400 g/mol. The molecule has 28 heavy (non-hydrogen) atoms. The van der Waals surface area contributed by atoms with Crippen LogP contribution in [0.1, 0.15) is 18.5 Å². The Hall–Kier alpha value is -3.19. The van der Waals surface area contributed by atoms with E-state index in [1.807, 2.05) is 0 Å². The van der Waals surface area contributed by atoms with Gasteiger partial charge in [0.2, 0.25) is 6.79 Å². The lowest BCUT2D eigenvalue weighted by Gasteiger charge is -2.35. The molecule has 0 aromatic heterocycles. The van der Waals surface area contributed by atoms with Crippen LogP contribution in [0.5, 0.6) is 11.5 Å². The van der Waals surface area contributed by atoms with Gasteiger partial charge in [0, 0.05) is 16.8 Å². The molecule has 144 valence electrons. The third kappa shape index (κ3) is 2.93. The number of anilines is 1. The Morgan fingerprint density at radius 1 is 1.21 bits per heavy atom. The molecule has 1 atom stereocenters. The normalized spacial score (nSPS) is 18.2. The summed E-state index contributed by atoms with van der Waals surface area (Å²) in [4.78, 5) is 27.0. The second-order valence-electron chi connectivity index (χ2n) is 6.27. The first-order valence-corrected chi connectivity index (χ1v) is 8.93. The second kappa shape index (κ2) is 7.09. The summed E-state index contributed by atoms with van der Waals surface area (Å²) in [6.07, 6.45) is 0. The Morgan fingerprint density at radius 3 is 2.71 bits per heavy atom. The van der Waals surface area contributed by atoms with E-state index < -0.39 is 18.0 Å². The maximum Gasteiger partial charge on any atom is 0.337 e. The van der Waals surface area contributed by atoms with Crippen molar-refractivity contribution >= 4 is 29.3 Å². The van der Waals surface area contributed by atoms with Crippen molar-refractivity contribution in [1.29, 1.82) is 0 Å². The first kappa shape index (κ1) is 18.2. The summed E-state index contributed by atoms with van der Waals surface area (Å²) in [5.74, 6) is 0.587. The highest BCUT2D eigenvalue weighted by Gasteiger charge is 2.38. The number of benzene rings is 2. The maximum absolute atomic E-state index is 13.0. The first-order chi connectivity index (χ1) is 13.5. The van der Waals surface area contributed by atoms with Crippen LogP contribution in [0.2, 0.25) is 5.02 Å². The maximum atomic E-state index is 13.0. The number of hydrogen-bond donors (Lipinski definition) is 1. The van der Waals surface area contributed by atoms with Crippen LogP contribution in [0, 0.1) is 0 Å². The summed E-state index contributed by atoms with van der Waals surface area (Å²) < 4.78 is 15.7. The van der Waals surface area contributed by atoms with Gasteiger partial charge in [0.15, 0.2) is 11.5 Å². The number of urea groups is 1. The summed E-state index contributed by atoms with van der Waals surface area (Å²) >= 11 is 6.31. The molecule has 2 amide bonds. The molecule has 2 aromatic carbocycles. The number of rotatable bonds is 3. The molecule has 0 bridgehead atoms. The van der Waals surface area contributed by atoms with E-state index >= 15 is 0 Å². The zero-order valence-corrected chi connectivity index (χ0v) is 15.9. The molecule has 0 saturated heterocycles. The van der Waals surface area contributed by atoms with Crippen molar-refractivity contribution in [2.45, 2.75) is 13.0 Å². The van der Waals surface area contributed by atoms with Crippen molar-refractivity contribution < 1.29 is 23.8 Å². The summed E-state index contributed by atoms with van der Waals surface area (Å²) in [5.41, 5.74) is 1.90. The SMILES string of the molecule is COC(=O)C1=C(C)N(c2ccc3c(c2)OCO3)C(=O)N[C@@H]1c1ccccc1Cl.